The van der Waals surface area contributed by atoms with Crippen molar-refractivity contribution in [1.29, 1.82) is 0 Å². The van der Waals surface area contributed by atoms with Gasteiger partial charge in [-0.2, -0.15) is 0 Å². The molecule has 0 amide bonds. The molecule has 1 nitrogen and oxygen atoms in total. The van der Waals surface area contributed by atoms with Gasteiger partial charge >= 0.3 is 0 Å². The highest BCUT2D eigenvalue weighted by atomic mass is 19.2. The maximum absolute atomic E-state index is 13.9. The van der Waals surface area contributed by atoms with Crippen LogP contribution in [0, 0.1) is 34.8 Å². The number of hydrogen-bond donors (Lipinski definition) is 1. The van der Waals surface area contributed by atoms with E-state index in [9.17, 15) is 8.78 Å². The Hall–Kier alpha value is -0.960. The summed E-state index contributed by atoms with van der Waals surface area (Å²) in [5, 5.41) is 0. The second-order valence-electron chi connectivity index (χ2n) is 7.55. The normalized spacial score (nSPS) is 26.9. The predicted octanol–water partition coefficient (Wildman–Crippen LogP) is 4.54. The lowest BCUT2D eigenvalue weighted by Gasteiger charge is -2.41. The van der Waals surface area contributed by atoms with E-state index in [1.54, 1.807) is 12.1 Å². The van der Waals surface area contributed by atoms with E-state index in [4.69, 9.17) is 5.73 Å². The Morgan fingerprint density at radius 3 is 2.48 bits per heavy atom. The molecule has 3 unspecified atom stereocenters. The Balaban J connectivity index is 2.16. The average Bonchev–Trinajstić information content (AvgIpc) is 2.43. The highest BCUT2D eigenvalue weighted by Crippen LogP contribution is 2.43. The van der Waals surface area contributed by atoms with Gasteiger partial charge in [0.05, 0.1) is 0 Å². The van der Waals surface area contributed by atoms with Crippen molar-refractivity contribution in [2.24, 2.45) is 28.9 Å². The molecule has 1 aliphatic rings. The van der Waals surface area contributed by atoms with Crippen LogP contribution in [-0.4, -0.2) is 6.54 Å². The van der Waals surface area contributed by atoms with Crippen LogP contribution in [0.25, 0.3) is 0 Å². The summed E-state index contributed by atoms with van der Waals surface area (Å²) in [6.45, 7) is 7.43. The molecule has 0 heterocycles. The second kappa shape index (κ2) is 6.43. The molecular weight excluding hydrogens is 268 g/mol. The topological polar surface area (TPSA) is 26.0 Å². The third-order valence-electron chi connectivity index (χ3n) is 5.18. The summed E-state index contributed by atoms with van der Waals surface area (Å²) in [6, 6.07) is 4.47. The van der Waals surface area contributed by atoms with Gasteiger partial charge < -0.3 is 5.73 Å². The summed E-state index contributed by atoms with van der Waals surface area (Å²) < 4.78 is 27.3. The van der Waals surface area contributed by atoms with Crippen LogP contribution < -0.4 is 5.73 Å². The summed E-state index contributed by atoms with van der Waals surface area (Å²) in [5.74, 6) is -0.0383. The Morgan fingerprint density at radius 1 is 1.14 bits per heavy atom. The Morgan fingerprint density at radius 2 is 1.86 bits per heavy atom. The molecule has 0 bridgehead atoms. The molecule has 1 aromatic carbocycles. The van der Waals surface area contributed by atoms with Crippen LogP contribution in [-0.2, 0) is 6.42 Å². The number of benzene rings is 1. The zero-order valence-corrected chi connectivity index (χ0v) is 13.3. The van der Waals surface area contributed by atoms with Crippen molar-refractivity contribution in [3.8, 4) is 0 Å². The lowest BCUT2D eigenvalue weighted by molar-refractivity contribution is 0.101. The lowest BCUT2D eigenvalue weighted by atomic mass is 9.64. The molecule has 0 radical (unpaired) electrons. The molecule has 3 heteroatoms. The molecule has 1 aliphatic carbocycles. The van der Waals surface area contributed by atoms with E-state index in [-0.39, 0.29) is 5.41 Å². The standard InChI is InChI=1S/C18H27F2N/c1-18(2,3)15-8-7-13(11-21)14(10-15)9-12-5-4-6-16(19)17(12)20/h4-6,13-15H,7-11,21H2,1-3H3. The predicted molar refractivity (Wildman–Crippen MR) is 82.9 cm³/mol. The summed E-state index contributed by atoms with van der Waals surface area (Å²) in [5.41, 5.74) is 6.66. The number of hydrogen-bond acceptors (Lipinski definition) is 1. The Bertz CT molecular complexity index is 479. The monoisotopic (exact) mass is 295 g/mol. The minimum Gasteiger partial charge on any atom is -0.330 e. The van der Waals surface area contributed by atoms with E-state index in [0.717, 1.165) is 12.8 Å². The molecule has 0 saturated heterocycles. The molecule has 118 valence electrons. The average molecular weight is 295 g/mol. The molecule has 21 heavy (non-hydrogen) atoms. The van der Waals surface area contributed by atoms with E-state index in [1.165, 1.54) is 12.5 Å². The van der Waals surface area contributed by atoms with Crippen molar-refractivity contribution < 1.29 is 8.78 Å². The van der Waals surface area contributed by atoms with E-state index in [1.807, 2.05) is 0 Å². The van der Waals surface area contributed by atoms with Gasteiger partial charge in [-0.3, -0.25) is 0 Å². The highest BCUT2D eigenvalue weighted by Gasteiger charge is 2.35. The van der Waals surface area contributed by atoms with Gasteiger partial charge in [-0.25, -0.2) is 8.78 Å². The largest absolute Gasteiger partial charge is 0.330 e. The zero-order valence-electron chi connectivity index (χ0n) is 13.3. The summed E-state index contributed by atoms with van der Waals surface area (Å²) in [7, 11) is 0. The first-order valence-electron chi connectivity index (χ1n) is 7.96. The van der Waals surface area contributed by atoms with Gasteiger partial charge in [-0.05, 0) is 67.0 Å². The van der Waals surface area contributed by atoms with Crippen molar-refractivity contribution in [2.75, 3.05) is 6.54 Å². The van der Waals surface area contributed by atoms with Crippen molar-refractivity contribution in [2.45, 2.75) is 46.5 Å². The molecule has 3 atom stereocenters. The fourth-order valence-corrected chi connectivity index (χ4v) is 3.66. The fourth-order valence-electron chi connectivity index (χ4n) is 3.66. The minimum absolute atomic E-state index is 0.262. The van der Waals surface area contributed by atoms with E-state index < -0.39 is 11.6 Å². The first kappa shape index (κ1) is 16.4. The number of nitrogens with two attached hydrogens (primary N) is 1. The van der Waals surface area contributed by atoms with Gasteiger partial charge in [-0.15, -0.1) is 0 Å². The van der Waals surface area contributed by atoms with E-state index >= 15 is 0 Å². The van der Waals surface area contributed by atoms with Crippen LogP contribution in [0.3, 0.4) is 0 Å². The number of rotatable bonds is 3. The third-order valence-corrected chi connectivity index (χ3v) is 5.18. The maximum Gasteiger partial charge on any atom is 0.162 e. The van der Waals surface area contributed by atoms with Gasteiger partial charge in [0.1, 0.15) is 0 Å². The Labute approximate surface area is 126 Å². The first-order valence-corrected chi connectivity index (χ1v) is 7.96. The van der Waals surface area contributed by atoms with Gasteiger partial charge in [0.15, 0.2) is 11.6 Å². The lowest BCUT2D eigenvalue weighted by Crippen LogP contribution is -2.36. The maximum atomic E-state index is 13.9. The Kier molecular flexibility index (Phi) is 5.03. The molecule has 0 spiro atoms. The summed E-state index contributed by atoms with van der Waals surface area (Å²) in [6.07, 6.45) is 3.94. The third kappa shape index (κ3) is 3.82. The summed E-state index contributed by atoms with van der Waals surface area (Å²) in [4.78, 5) is 0. The second-order valence-corrected chi connectivity index (χ2v) is 7.55. The molecule has 0 aromatic heterocycles. The molecule has 1 aromatic rings. The van der Waals surface area contributed by atoms with Gasteiger partial charge in [-0.1, -0.05) is 32.9 Å². The van der Waals surface area contributed by atoms with Gasteiger partial charge in [0.2, 0.25) is 0 Å². The van der Waals surface area contributed by atoms with E-state index in [0.29, 0.717) is 36.3 Å². The van der Waals surface area contributed by atoms with Gasteiger partial charge in [0.25, 0.3) is 0 Å². The SMILES string of the molecule is CC(C)(C)C1CCC(CN)C(Cc2cccc(F)c2F)C1. The molecular formula is C18H27F2N. The fraction of sp³-hybridized carbons (Fsp3) is 0.667. The van der Waals surface area contributed by atoms with Crippen molar-refractivity contribution in [3.05, 3.63) is 35.4 Å². The van der Waals surface area contributed by atoms with Crippen LogP contribution in [0.15, 0.2) is 18.2 Å². The number of halogens is 2. The molecule has 2 rings (SSSR count). The summed E-state index contributed by atoms with van der Waals surface area (Å²) >= 11 is 0. The van der Waals surface area contributed by atoms with Crippen LogP contribution in [0.5, 0.6) is 0 Å². The highest BCUT2D eigenvalue weighted by molar-refractivity contribution is 5.19. The zero-order chi connectivity index (χ0) is 15.6. The van der Waals surface area contributed by atoms with Crippen molar-refractivity contribution in [3.63, 3.8) is 0 Å². The smallest absolute Gasteiger partial charge is 0.162 e. The molecule has 0 aliphatic heterocycles. The van der Waals surface area contributed by atoms with Crippen LogP contribution in [0.1, 0.15) is 45.6 Å². The molecule has 1 fully saturated rings. The van der Waals surface area contributed by atoms with E-state index in [2.05, 4.69) is 20.8 Å². The van der Waals surface area contributed by atoms with Crippen molar-refractivity contribution >= 4 is 0 Å². The van der Waals surface area contributed by atoms with Crippen LogP contribution >= 0.6 is 0 Å². The quantitative estimate of drug-likeness (QED) is 0.870. The first-order chi connectivity index (χ1) is 9.82. The van der Waals surface area contributed by atoms with Crippen LogP contribution in [0.2, 0.25) is 0 Å². The molecule has 1 saturated carbocycles. The molecule has 2 N–H and O–H groups in total. The van der Waals surface area contributed by atoms with Crippen molar-refractivity contribution in [1.82, 2.24) is 0 Å². The van der Waals surface area contributed by atoms with Crippen LogP contribution in [0.4, 0.5) is 8.78 Å². The minimum atomic E-state index is -0.750. The van der Waals surface area contributed by atoms with Gasteiger partial charge in [0, 0.05) is 0 Å².